The summed E-state index contributed by atoms with van der Waals surface area (Å²) in [5.41, 5.74) is 1.77. The van der Waals surface area contributed by atoms with Gasteiger partial charge < -0.3 is 24.5 Å². The summed E-state index contributed by atoms with van der Waals surface area (Å²) in [7, 11) is 0. The van der Waals surface area contributed by atoms with E-state index in [4.69, 9.17) is 13.9 Å². The van der Waals surface area contributed by atoms with Gasteiger partial charge in [0.2, 0.25) is 12.6 Å². The second-order valence-corrected chi connectivity index (χ2v) is 7.70. The van der Waals surface area contributed by atoms with E-state index in [1.807, 2.05) is 6.07 Å². The van der Waals surface area contributed by atoms with Crippen LogP contribution in [0, 0.1) is 0 Å². The lowest BCUT2D eigenvalue weighted by Gasteiger charge is -2.08. The summed E-state index contributed by atoms with van der Waals surface area (Å²) >= 11 is 3.35. The molecule has 2 N–H and O–H groups in total. The Labute approximate surface area is 185 Å². The zero-order valence-electron chi connectivity index (χ0n) is 16.0. The van der Waals surface area contributed by atoms with Gasteiger partial charge >= 0.3 is 0 Å². The third-order valence-corrected chi connectivity index (χ3v) is 5.31. The van der Waals surface area contributed by atoms with Crippen molar-refractivity contribution in [2.24, 2.45) is 0 Å². The van der Waals surface area contributed by atoms with Crippen LogP contribution in [0.5, 0.6) is 11.5 Å². The number of halogens is 1. The van der Waals surface area contributed by atoms with E-state index >= 15 is 0 Å². The number of carbonyl (C=O) groups excluding carboxylic acids is 2. The fourth-order valence-corrected chi connectivity index (χ4v) is 3.54. The van der Waals surface area contributed by atoms with Crippen LogP contribution in [0.25, 0.3) is 11.0 Å². The van der Waals surface area contributed by atoms with E-state index in [9.17, 15) is 9.59 Å². The summed E-state index contributed by atoms with van der Waals surface area (Å²) in [5.74, 6) is 0.317. The van der Waals surface area contributed by atoms with Crippen molar-refractivity contribution >= 4 is 50.1 Å². The van der Waals surface area contributed by atoms with E-state index in [0.29, 0.717) is 39.4 Å². The van der Waals surface area contributed by atoms with E-state index in [2.05, 4.69) is 26.6 Å². The van der Waals surface area contributed by atoms with Crippen LogP contribution >= 0.6 is 15.9 Å². The molecule has 31 heavy (non-hydrogen) atoms. The van der Waals surface area contributed by atoms with Crippen LogP contribution in [0.4, 0.5) is 11.4 Å². The molecule has 0 fully saturated rings. The average molecular weight is 479 g/mol. The highest BCUT2D eigenvalue weighted by Gasteiger charge is 2.23. The maximum atomic E-state index is 13.0. The average Bonchev–Trinajstić information content (AvgIpc) is 3.39. The number of benzene rings is 3. The lowest BCUT2D eigenvalue weighted by Crippen LogP contribution is -2.17. The number of ether oxygens (including phenoxy) is 2. The Morgan fingerprint density at radius 1 is 0.839 bits per heavy atom. The number of para-hydroxylation sites is 1. The smallest absolute Gasteiger partial charge is 0.293 e. The van der Waals surface area contributed by atoms with Crippen LogP contribution in [-0.4, -0.2) is 18.6 Å². The molecule has 0 saturated carbocycles. The number of rotatable bonds is 4. The van der Waals surface area contributed by atoms with Crippen molar-refractivity contribution in [3.8, 4) is 11.5 Å². The number of carbonyl (C=O) groups is 2. The van der Waals surface area contributed by atoms with Crippen LogP contribution in [0.15, 0.2) is 75.6 Å². The fraction of sp³-hybridized carbons (Fsp3) is 0.0435. The number of anilines is 2. The van der Waals surface area contributed by atoms with E-state index in [-0.39, 0.29) is 18.5 Å². The van der Waals surface area contributed by atoms with Crippen LogP contribution < -0.4 is 20.1 Å². The van der Waals surface area contributed by atoms with Crippen LogP contribution in [0.2, 0.25) is 0 Å². The summed E-state index contributed by atoms with van der Waals surface area (Å²) < 4.78 is 17.3. The van der Waals surface area contributed by atoms with Gasteiger partial charge in [-0.3, -0.25) is 9.59 Å². The second kappa shape index (κ2) is 7.81. The molecule has 1 aliphatic heterocycles. The van der Waals surface area contributed by atoms with Crippen molar-refractivity contribution < 1.29 is 23.5 Å². The Balaban J connectivity index is 1.47. The predicted molar refractivity (Wildman–Crippen MR) is 119 cm³/mol. The van der Waals surface area contributed by atoms with Gasteiger partial charge in [-0.25, -0.2) is 0 Å². The molecule has 0 radical (unpaired) electrons. The van der Waals surface area contributed by atoms with Gasteiger partial charge in [0.15, 0.2) is 11.5 Å². The molecule has 4 aromatic rings. The Hall–Kier alpha value is -3.78. The first-order chi connectivity index (χ1) is 15.1. The normalized spacial score (nSPS) is 12.0. The van der Waals surface area contributed by atoms with Gasteiger partial charge in [0, 0.05) is 27.2 Å². The van der Waals surface area contributed by atoms with Gasteiger partial charge in [-0.15, -0.1) is 0 Å². The molecule has 0 aliphatic carbocycles. The van der Waals surface area contributed by atoms with E-state index in [0.717, 1.165) is 4.47 Å². The van der Waals surface area contributed by atoms with Crippen LogP contribution in [-0.2, 0) is 0 Å². The Morgan fingerprint density at radius 2 is 1.61 bits per heavy atom. The molecule has 7 nitrogen and oxygen atoms in total. The van der Waals surface area contributed by atoms with Crippen molar-refractivity contribution in [1.82, 2.24) is 0 Å². The number of hydrogen-bond donors (Lipinski definition) is 2. The molecule has 2 amide bonds. The highest BCUT2D eigenvalue weighted by Crippen LogP contribution is 2.35. The topological polar surface area (TPSA) is 89.8 Å². The first-order valence-electron chi connectivity index (χ1n) is 9.38. The summed E-state index contributed by atoms with van der Waals surface area (Å²) in [6.07, 6.45) is 0. The number of fused-ring (bicyclic) bond motifs is 2. The van der Waals surface area contributed by atoms with Crippen molar-refractivity contribution in [2.75, 3.05) is 17.4 Å². The fourth-order valence-electron chi connectivity index (χ4n) is 3.28. The molecule has 5 rings (SSSR count). The van der Waals surface area contributed by atoms with Crippen molar-refractivity contribution in [1.29, 1.82) is 0 Å². The third kappa shape index (κ3) is 3.73. The van der Waals surface area contributed by atoms with Gasteiger partial charge in [-0.2, -0.15) is 0 Å². The highest BCUT2D eigenvalue weighted by atomic mass is 79.9. The molecule has 0 spiro atoms. The molecule has 1 aromatic heterocycles. The second-order valence-electron chi connectivity index (χ2n) is 6.79. The van der Waals surface area contributed by atoms with E-state index in [1.165, 1.54) is 0 Å². The molecular formula is C23H15BrN2O5. The Morgan fingerprint density at radius 3 is 2.45 bits per heavy atom. The SMILES string of the molecule is O=C(Nc1c(C(=O)Nc2ccc3c(c2)OCO3)oc2ccccc12)c1ccc(Br)cc1. The first-order valence-corrected chi connectivity index (χ1v) is 10.2. The summed E-state index contributed by atoms with van der Waals surface area (Å²) in [6.45, 7) is 0.141. The molecule has 0 unspecified atom stereocenters. The molecular weight excluding hydrogens is 464 g/mol. The molecule has 0 saturated heterocycles. The predicted octanol–water partition coefficient (Wildman–Crippen LogP) is 5.43. The summed E-state index contributed by atoms with van der Waals surface area (Å²) in [5, 5.41) is 6.24. The van der Waals surface area contributed by atoms with Gasteiger partial charge in [0.25, 0.3) is 11.8 Å². The third-order valence-electron chi connectivity index (χ3n) is 4.78. The van der Waals surface area contributed by atoms with Crippen molar-refractivity contribution in [2.45, 2.75) is 0 Å². The van der Waals surface area contributed by atoms with Gasteiger partial charge in [-0.05, 0) is 48.5 Å². The molecule has 2 heterocycles. The summed E-state index contributed by atoms with van der Waals surface area (Å²) in [6, 6.07) is 19.1. The highest BCUT2D eigenvalue weighted by molar-refractivity contribution is 9.10. The molecule has 8 heteroatoms. The molecule has 1 aliphatic rings. The number of nitrogens with one attached hydrogen (secondary N) is 2. The minimum atomic E-state index is -0.499. The lowest BCUT2D eigenvalue weighted by molar-refractivity contribution is 0.0999. The zero-order valence-corrected chi connectivity index (χ0v) is 17.6. The molecule has 3 aromatic carbocycles. The maximum Gasteiger partial charge on any atom is 0.293 e. The number of furan rings is 1. The number of hydrogen-bond acceptors (Lipinski definition) is 5. The Bertz CT molecular complexity index is 1310. The molecule has 0 atom stereocenters. The van der Waals surface area contributed by atoms with E-state index < -0.39 is 5.91 Å². The monoisotopic (exact) mass is 478 g/mol. The van der Waals surface area contributed by atoms with Crippen LogP contribution in [0.3, 0.4) is 0 Å². The number of amides is 2. The molecule has 0 bridgehead atoms. The van der Waals surface area contributed by atoms with Gasteiger partial charge in [-0.1, -0.05) is 28.1 Å². The zero-order chi connectivity index (χ0) is 21.4. The van der Waals surface area contributed by atoms with E-state index in [1.54, 1.807) is 60.7 Å². The van der Waals surface area contributed by atoms with Crippen LogP contribution in [0.1, 0.15) is 20.9 Å². The van der Waals surface area contributed by atoms with Gasteiger partial charge in [0.1, 0.15) is 11.3 Å². The van der Waals surface area contributed by atoms with Crippen molar-refractivity contribution in [3.05, 3.63) is 82.5 Å². The first kappa shape index (κ1) is 19.2. The Kier molecular flexibility index (Phi) is 4.83. The standard InChI is InChI=1S/C23H15BrN2O5/c24-14-7-5-13(6-8-14)22(27)26-20-16-3-1-2-4-17(16)31-21(20)23(28)25-15-9-10-18-19(11-15)30-12-29-18/h1-11H,12H2,(H,25,28)(H,26,27). The van der Waals surface area contributed by atoms with Gasteiger partial charge in [0.05, 0.1) is 0 Å². The van der Waals surface area contributed by atoms with Crippen molar-refractivity contribution in [3.63, 3.8) is 0 Å². The lowest BCUT2D eigenvalue weighted by atomic mass is 10.1. The minimum Gasteiger partial charge on any atom is -0.454 e. The minimum absolute atomic E-state index is 0.00401. The maximum absolute atomic E-state index is 13.0. The largest absolute Gasteiger partial charge is 0.454 e. The quantitative estimate of drug-likeness (QED) is 0.408. The molecule has 154 valence electrons. The summed E-state index contributed by atoms with van der Waals surface area (Å²) in [4.78, 5) is 25.8.